The van der Waals surface area contributed by atoms with Crippen LogP contribution in [0.5, 0.6) is 0 Å². The second kappa shape index (κ2) is 13.9. The van der Waals surface area contributed by atoms with Gasteiger partial charge in [-0.3, -0.25) is 9.89 Å². The SMILES string of the molecule is CN=C(NCCCN1CCN(c2ncccn2)CC1)NCCc1ccc(-n2cccn2)cc1.I. The summed E-state index contributed by atoms with van der Waals surface area (Å²) in [6.45, 7) is 6.86. The van der Waals surface area contributed by atoms with Gasteiger partial charge in [0, 0.05) is 71.1 Å². The first-order valence-electron chi connectivity index (χ1n) is 11.6. The molecule has 1 aliphatic heterocycles. The molecule has 1 fully saturated rings. The molecule has 0 radical (unpaired) electrons. The zero-order chi connectivity index (χ0) is 22.7. The first-order valence-corrected chi connectivity index (χ1v) is 11.6. The molecule has 0 spiro atoms. The minimum absolute atomic E-state index is 0. The highest BCUT2D eigenvalue weighted by Crippen LogP contribution is 2.10. The van der Waals surface area contributed by atoms with Crippen LogP contribution >= 0.6 is 24.0 Å². The molecule has 0 saturated carbocycles. The predicted molar refractivity (Wildman–Crippen MR) is 147 cm³/mol. The van der Waals surface area contributed by atoms with E-state index < -0.39 is 0 Å². The second-order valence-corrected chi connectivity index (χ2v) is 8.02. The standard InChI is InChI=1S/C24H33N9.HI/c1-25-23(27-14-9-21-5-7-22(8-6-21)33-16-4-13-30-33)26-12-3-15-31-17-19-32(20-18-31)24-28-10-2-11-29-24;/h2,4-8,10-11,13,16H,3,9,12,14-15,17-20H2,1H3,(H2,25,26,27);1H. The van der Waals surface area contributed by atoms with Gasteiger partial charge in [-0.15, -0.1) is 24.0 Å². The van der Waals surface area contributed by atoms with E-state index in [4.69, 9.17) is 0 Å². The summed E-state index contributed by atoms with van der Waals surface area (Å²) in [4.78, 5) is 17.8. The number of piperazine rings is 1. The van der Waals surface area contributed by atoms with Crippen LogP contribution in [-0.4, -0.2) is 83.5 Å². The summed E-state index contributed by atoms with van der Waals surface area (Å²) in [6.07, 6.45) is 9.37. The van der Waals surface area contributed by atoms with Crippen LogP contribution in [0.3, 0.4) is 0 Å². The average Bonchev–Trinajstić information content (AvgIpc) is 3.42. The third-order valence-corrected chi connectivity index (χ3v) is 5.79. The number of nitrogens with zero attached hydrogens (tertiary/aromatic N) is 7. The number of hydrogen-bond acceptors (Lipinski definition) is 6. The van der Waals surface area contributed by atoms with Gasteiger partial charge < -0.3 is 15.5 Å². The molecule has 0 atom stereocenters. The van der Waals surface area contributed by atoms with Gasteiger partial charge in [0.25, 0.3) is 0 Å². The Bertz CT molecular complexity index is 969. The van der Waals surface area contributed by atoms with E-state index in [0.717, 1.165) is 76.3 Å². The molecule has 1 saturated heterocycles. The zero-order valence-electron chi connectivity index (χ0n) is 19.7. The molecule has 0 aliphatic carbocycles. The van der Waals surface area contributed by atoms with Crippen molar-refractivity contribution in [3.05, 3.63) is 66.7 Å². The van der Waals surface area contributed by atoms with Gasteiger partial charge in [0.05, 0.1) is 5.69 Å². The Morgan fingerprint density at radius 1 is 0.941 bits per heavy atom. The van der Waals surface area contributed by atoms with Crippen LogP contribution in [0.15, 0.2) is 66.2 Å². The van der Waals surface area contributed by atoms with E-state index in [1.807, 2.05) is 30.1 Å². The number of hydrogen-bond donors (Lipinski definition) is 2. The van der Waals surface area contributed by atoms with Gasteiger partial charge in [0.15, 0.2) is 5.96 Å². The number of halogens is 1. The molecule has 3 heterocycles. The molecular formula is C24H34IN9. The lowest BCUT2D eigenvalue weighted by molar-refractivity contribution is 0.254. The third kappa shape index (κ3) is 7.66. The largest absolute Gasteiger partial charge is 0.356 e. The fraction of sp³-hybridized carbons (Fsp3) is 0.417. The maximum absolute atomic E-state index is 4.35. The van der Waals surface area contributed by atoms with Gasteiger partial charge in [-0.05, 0) is 49.2 Å². The summed E-state index contributed by atoms with van der Waals surface area (Å²) in [5.74, 6) is 1.69. The van der Waals surface area contributed by atoms with E-state index >= 15 is 0 Å². The van der Waals surface area contributed by atoms with E-state index in [-0.39, 0.29) is 24.0 Å². The van der Waals surface area contributed by atoms with E-state index in [1.165, 1.54) is 5.56 Å². The lowest BCUT2D eigenvalue weighted by Crippen LogP contribution is -2.47. The molecule has 182 valence electrons. The van der Waals surface area contributed by atoms with Crippen LogP contribution < -0.4 is 15.5 Å². The van der Waals surface area contributed by atoms with Crippen molar-refractivity contribution < 1.29 is 0 Å². The molecule has 10 heteroatoms. The van der Waals surface area contributed by atoms with Crippen molar-refractivity contribution in [2.24, 2.45) is 4.99 Å². The van der Waals surface area contributed by atoms with Crippen LogP contribution in [0, 0.1) is 0 Å². The van der Waals surface area contributed by atoms with Gasteiger partial charge in [-0.2, -0.15) is 5.10 Å². The highest BCUT2D eigenvalue weighted by molar-refractivity contribution is 14.0. The van der Waals surface area contributed by atoms with E-state index in [9.17, 15) is 0 Å². The predicted octanol–water partition coefficient (Wildman–Crippen LogP) is 2.20. The van der Waals surface area contributed by atoms with Crippen LogP contribution in [0.2, 0.25) is 0 Å². The van der Waals surface area contributed by atoms with E-state index in [1.54, 1.807) is 18.6 Å². The smallest absolute Gasteiger partial charge is 0.225 e. The molecule has 2 N–H and O–H groups in total. The topological polar surface area (TPSA) is 86.5 Å². The summed E-state index contributed by atoms with van der Waals surface area (Å²) in [5.41, 5.74) is 2.36. The van der Waals surface area contributed by atoms with Crippen LogP contribution in [0.25, 0.3) is 5.69 Å². The zero-order valence-corrected chi connectivity index (χ0v) is 22.0. The van der Waals surface area contributed by atoms with E-state index in [0.29, 0.717) is 0 Å². The van der Waals surface area contributed by atoms with E-state index in [2.05, 4.69) is 64.8 Å². The lowest BCUT2D eigenvalue weighted by atomic mass is 10.1. The maximum Gasteiger partial charge on any atom is 0.225 e. The Balaban J connectivity index is 0.00000324. The molecule has 34 heavy (non-hydrogen) atoms. The second-order valence-electron chi connectivity index (χ2n) is 8.02. The normalized spacial score (nSPS) is 14.5. The summed E-state index contributed by atoms with van der Waals surface area (Å²) < 4.78 is 1.87. The Labute approximate surface area is 218 Å². The number of benzene rings is 1. The number of aliphatic imine (C=N–C) groups is 1. The Morgan fingerprint density at radius 3 is 2.35 bits per heavy atom. The molecule has 1 aromatic carbocycles. The monoisotopic (exact) mass is 575 g/mol. The molecule has 0 bridgehead atoms. The molecule has 3 aromatic rings. The fourth-order valence-corrected chi connectivity index (χ4v) is 3.92. The van der Waals surface area contributed by atoms with Gasteiger partial charge >= 0.3 is 0 Å². The molecule has 9 nitrogen and oxygen atoms in total. The first kappa shape index (κ1) is 25.9. The number of nitrogens with one attached hydrogen (secondary N) is 2. The number of guanidine groups is 1. The quantitative estimate of drug-likeness (QED) is 0.175. The van der Waals surface area contributed by atoms with Gasteiger partial charge in [0.2, 0.25) is 5.95 Å². The highest BCUT2D eigenvalue weighted by Gasteiger charge is 2.18. The number of anilines is 1. The summed E-state index contributed by atoms with van der Waals surface area (Å²) in [6, 6.07) is 12.3. The van der Waals surface area contributed by atoms with Crippen molar-refractivity contribution in [3.8, 4) is 5.69 Å². The molecule has 0 unspecified atom stereocenters. The average molecular weight is 576 g/mol. The minimum Gasteiger partial charge on any atom is -0.356 e. The summed E-state index contributed by atoms with van der Waals surface area (Å²) in [7, 11) is 1.82. The number of rotatable bonds is 9. The first-order chi connectivity index (χ1) is 16.3. The fourth-order valence-electron chi connectivity index (χ4n) is 3.92. The maximum atomic E-state index is 4.35. The van der Waals surface area contributed by atoms with Gasteiger partial charge in [-0.25, -0.2) is 14.6 Å². The van der Waals surface area contributed by atoms with Crippen molar-refractivity contribution in [3.63, 3.8) is 0 Å². The van der Waals surface area contributed by atoms with Crippen LogP contribution in [0.4, 0.5) is 5.95 Å². The van der Waals surface area contributed by atoms with Crippen LogP contribution in [-0.2, 0) is 6.42 Å². The van der Waals surface area contributed by atoms with Crippen molar-refractivity contribution >= 4 is 35.9 Å². The molecular weight excluding hydrogens is 541 g/mol. The lowest BCUT2D eigenvalue weighted by Gasteiger charge is -2.34. The van der Waals surface area contributed by atoms with Crippen molar-refractivity contribution in [1.82, 2.24) is 35.3 Å². The minimum atomic E-state index is 0. The third-order valence-electron chi connectivity index (χ3n) is 5.79. The Hall–Kier alpha value is -2.73. The summed E-state index contributed by atoms with van der Waals surface area (Å²) in [5, 5.41) is 11.1. The van der Waals surface area contributed by atoms with Crippen molar-refractivity contribution in [2.75, 3.05) is 57.8 Å². The highest BCUT2D eigenvalue weighted by atomic mass is 127. The molecule has 0 amide bonds. The Morgan fingerprint density at radius 2 is 1.68 bits per heavy atom. The Kier molecular flexibility index (Phi) is 10.5. The molecule has 2 aromatic heterocycles. The van der Waals surface area contributed by atoms with Crippen molar-refractivity contribution in [2.45, 2.75) is 12.8 Å². The molecule has 4 rings (SSSR count). The summed E-state index contributed by atoms with van der Waals surface area (Å²) >= 11 is 0. The number of aromatic nitrogens is 4. The molecule has 1 aliphatic rings. The van der Waals surface area contributed by atoms with Crippen LogP contribution in [0.1, 0.15) is 12.0 Å². The van der Waals surface area contributed by atoms with Gasteiger partial charge in [0.1, 0.15) is 0 Å². The van der Waals surface area contributed by atoms with Crippen molar-refractivity contribution in [1.29, 1.82) is 0 Å². The van der Waals surface area contributed by atoms with Gasteiger partial charge in [-0.1, -0.05) is 12.1 Å².